The van der Waals surface area contributed by atoms with Crippen LogP contribution in [0.1, 0.15) is 16.2 Å². The van der Waals surface area contributed by atoms with Crippen LogP contribution in [0.2, 0.25) is 0 Å². The van der Waals surface area contributed by atoms with Gasteiger partial charge in [0.2, 0.25) is 0 Å². The van der Waals surface area contributed by atoms with Crippen LogP contribution in [-0.2, 0) is 13.6 Å². The second-order valence-electron chi connectivity index (χ2n) is 4.25. The zero-order valence-corrected chi connectivity index (χ0v) is 11.5. The first-order chi connectivity index (χ1) is 10.0. The molecule has 2 N–H and O–H groups in total. The van der Waals surface area contributed by atoms with Crippen LogP contribution in [0.4, 0.5) is 11.4 Å². The van der Waals surface area contributed by atoms with Crippen molar-refractivity contribution in [3.63, 3.8) is 0 Å². The predicted molar refractivity (Wildman–Crippen MR) is 74.8 cm³/mol. The van der Waals surface area contributed by atoms with Crippen molar-refractivity contribution in [3.05, 3.63) is 46.0 Å². The predicted octanol–water partition coefficient (Wildman–Crippen LogP) is 0.695. The molecule has 9 nitrogen and oxygen atoms in total. The van der Waals surface area contributed by atoms with Gasteiger partial charge in [0.05, 0.1) is 17.0 Å². The Labute approximate surface area is 120 Å². The summed E-state index contributed by atoms with van der Waals surface area (Å²) in [5.74, 6) is 0.0257. The first-order valence-electron chi connectivity index (χ1n) is 6.10. The molecule has 9 heteroatoms. The van der Waals surface area contributed by atoms with Crippen molar-refractivity contribution < 1.29 is 9.72 Å². The summed E-state index contributed by atoms with van der Waals surface area (Å²) < 4.78 is 1.52. The number of nitro groups is 1. The highest BCUT2D eigenvalue weighted by molar-refractivity contribution is 6.00. The molecule has 0 atom stereocenters. The van der Waals surface area contributed by atoms with Crippen molar-refractivity contribution in [1.29, 1.82) is 0 Å². The molecule has 0 aliphatic heterocycles. The zero-order valence-electron chi connectivity index (χ0n) is 11.5. The van der Waals surface area contributed by atoms with E-state index in [9.17, 15) is 14.9 Å². The second kappa shape index (κ2) is 5.99. The van der Waals surface area contributed by atoms with Crippen molar-refractivity contribution >= 4 is 17.3 Å². The van der Waals surface area contributed by atoms with Gasteiger partial charge in [-0.15, -0.1) is 0 Å². The molecule has 0 saturated heterocycles. The molecular formula is C12H14N6O3. The van der Waals surface area contributed by atoms with Crippen LogP contribution in [0, 0.1) is 10.1 Å². The molecule has 1 aromatic carbocycles. The van der Waals surface area contributed by atoms with Crippen LogP contribution in [0.3, 0.4) is 0 Å². The molecule has 0 unspecified atom stereocenters. The Morgan fingerprint density at radius 3 is 2.81 bits per heavy atom. The molecule has 0 spiro atoms. The first-order valence-corrected chi connectivity index (χ1v) is 6.10. The third-order valence-corrected chi connectivity index (χ3v) is 2.78. The molecule has 110 valence electrons. The number of rotatable bonds is 5. The fourth-order valence-electron chi connectivity index (χ4n) is 1.77. The van der Waals surface area contributed by atoms with Crippen molar-refractivity contribution in [1.82, 2.24) is 20.1 Å². The number of hydrogen-bond acceptors (Lipinski definition) is 6. The number of aromatic nitrogens is 3. The van der Waals surface area contributed by atoms with E-state index in [-0.39, 0.29) is 17.8 Å². The lowest BCUT2D eigenvalue weighted by molar-refractivity contribution is -0.384. The monoisotopic (exact) mass is 290 g/mol. The molecule has 1 amide bonds. The zero-order chi connectivity index (χ0) is 15.4. The Balaban J connectivity index is 2.17. The van der Waals surface area contributed by atoms with Gasteiger partial charge in [0, 0.05) is 31.9 Å². The van der Waals surface area contributed by atoms with Gasteiger partial charge in [-0.2, -0.15) is 5.10 Å². The molecular weight excluding hydrogens is 276 g/mol. The first kappa shape index (κ1) is 14.4. The van der Waals surface area contributed by atoms with Gasteiger partial charge in [0.25, 0.3) is 11.6 Å². The van der Waals surface area contributed by atoms with Gasteiger partial charge in [0.15, 0.2) is 5.82 Å². The van der Waals surface area contributed by atoms with Crippen molar-refractivity contribution in [2.24, 2.45) is 7.05 Å². The van der Waals surface area contributed by atoms with E-state index in [0.29, 0.717) is 11.5 Å². The number of nitro benzene ring substituents is 1. The third kappa shape index (κ3) is 3.32. The van der Waals surface area contributed by atoms with E-state index in [4.69, 9.17) is 0 Å². The smallest absolute Gasteiger partial charge is 0.270 e. The number of nitrogens with one attached hydrogen (secondary N) is 2. The van der Waals surface area contributed by atoms with E-state index in [2.05, 4.69) is 20.7 Å². The molecule has 0 aliphatic carbocycles. The van der Waals surface area contributed by atoms with Crippen LogP contribution in [-0.4, -0.2) is 32.6 Å². The largest absolute Gasteiger partial charge is 0.387 e. The fraction of sp³-hybridized carbons (Fsp3) is 0.250. The summed E-state index contributed by atoms with van der Waals surface area (Å²) >= 11 is 0. The van der Waals surface area contributed by atoms with E-state index < -0.39 is 10.8 Å². The molecule has 0 bridgehead atoms. The summed E-state index contributed by atoms with van der Waals surface area (Å²) in [4.78, 5) is 26.4. The lowest BCUT2D eigenvalue weighted by atomic mass is 10.1. The van der Waals surface area contributed by atoms with E-state index >= 15 is 0 Å². The average Bonchev–Trinajstić information content (AvgIpc) is 2.89. The van der Waals surface area contributed by atoms with Crippen molar-refractivity contribution in [3.8, 4) is 0 Å². The number of hydrogen-bond donors (Lipinski definition) is 2. The Morgan fingerprint density at radius 2 is 2.24 bits per heavy atom. The Kier molecular flexibility index (Phi) is 4.12. The summed E-state index contributed by atoms with van der Waals surface area (Å²) in [6.45, 7) is 0.144. The molecule has 1 aromatic heterocycles. The van der Waals surface area contributed by atoms with E-state index in [1.807, 2.05) is 0 Å². The number of carbonyl (C=O) groups is 1. The summed E-state index contributed by atoms with van der Waals surface area (Å²) in [5.41, 5.74) is 0.560. The van der Waals surface area contributed by atoms with Crippen LogP contribution in [0.15, 0.2) is 24.5 Å². The number of aryl methyl sites for hydroxylation is 1. The second-order valence-corrected chi connectivity index (χ2v) is 4.25. The molecule has 2 rings (SSSR count). The number of carbonyl (C=O) groups excluding carboxylic acids is 1. The lowest BCUT2D eigenvalue weighted by Crippen LogP contribution is -2.24. The summed E-state index contributed by atoms with van der Waals surface area (Å²) in [6, 6.07) is 4.06. The Hall–Kier alpha value is -2.97. The molecule has 0 saturated carbocycles. The minimum absolute atomic E-state index is 0.143. The third-order valence-electron chi connectivity index (χ3n) is 2.78. The van der Waals surface area contributed by atoms with Gasteiger partial charge in [0.1, 0.15) is 6.33 Å². The standard InChI is InChI=1S/C12H14N6O3/c1-13-10-4-3-8(18(20)21)5-9(10)12(19)14-6-11-15-7-17(2)16-11/h3-5,7,13H,6H2,1-2H3,(H,14,19). The van der Waals surface area contributed by atoms with Gasteiger partial charge in [-0.25, -0.2) is 4.98 Å². The van der Waals surface area contributed by atoms with Gasteiger partial charge < -0.3 is 10.6 Å². The quantitative estimate of drug-likeness (QED) is 0.618. The maximum Gasteiger partial charge on any atom is 0.270 e. The molecule has 0 fully saturated rings. The van der Waals surface area contributed by atoms with Crippen LogP contribution in [0.25, 0.3) is 0 Å². The Bertz CT molecular complexity index is 681. The molecule has 0 aliphatic rings. The minimum atomic E-state index is -0.545. The molecule has 2 aromatic rings. The number of benzene rings is 1. The summed E-state index contributed by atoms with van der Waals surface area (Å²) in [7, 11) is 3.36. The van der Waals surface area contributed by atoms with Gasteiger partial charge in [-0.05, 0) is 6.07 Å². The van der Waals surface area contributed by atoms with E-state index in [1.165, 1.54) is 29.2 Å². The van der Waals surface area contributed by atoms with Crippen LogP contribution < -0.4 is 10.6 Å². The van der Waals surface area contributed by atoms with Gasteiger partial charge >= 0.3 is 0 Å². The maximum absolute atomic E-state index is 12.1. The number of anilines is 1. The summed E-state index contributed by atoms with van der Waals surface area (Å²) in [5, 5.41) is 20.3. The summed E-state index contributed by atoms with van der Waals surface area (Å²) in [6.07, 6.45) is 1.52. The van der Waals surface area contributed by atoms with Crippen LogP contribution >= 0.6 is 0 Å². The number of non-ortho nitro benzene ring substituents is 1. The number of nitrogens with zero attached hydrogens (tertiary/aromatic N) is 4. The van der Waals surface area contributed by atoms with Crippen LogP contribution in [0.5, 0.6) is 0 Å². The van der Waals surface area contributed by atoms with Crippen molar-refractivity contribution in [2.75, 3.05) is 12.4 Å². The SMILES string of the molecule is CNc1ccc([N+](=O)[O-])cc1C(=O)NCc1ncn(C)n1. The highest BCUT2D eigenvalue weighted by atomic mass is 16.6. The molecule has 21 heavy (non-hydrogen) atoms. The van der Waals surface area contributed by atoms with E-state index in [1.54, 1.807) is 14.1 Å². The van der Waals surface area contributed by atoms with E-state index in [0.717, 1.165) is 0 Å². The fourth-order valence-corrected chi connectivity index (χ4v) is 1.77. The van der Waals surface area contributed by atoms with Crippen molar-refractivity contribution in [2.45, 2.75) is 6.54 Å². The highest BCUT2D eigenvalue weighted by Gasteiger charge is 2.16. The molecule has 0 radical (unpaired) electrons. The topological polar surface area (TPSA) is 115 Å². The molecule has 1 heterocycles. The highest BCUT2D eigenvalue weighted by Crippen LogP contribution is 2.21. The normalized spacial score (nSPS) is 10.2. The number of amides is 1. The maximum atomic E-state index is 12.1. The van der Waals surface area contributed by atoms with Gasteiger partial charge in [-0.1, -0.05) is 0 Å². The lowest BCUT2D eigenvalue weighted by Gasteiger charge is -2.08. The minimum Gasteiger partial charge on any atom is -0.387 e. The average molecular weight is 290 g/mol. The Morgan fingerprint density at radius 1 is 1.48 bits per heavy atom. The van der Waals surface area contributed by atoms with Gasteiger partial charge in [-0.3, -0.25) is 19.6 Å².